The molecule has 1 aliphatic carbocycles. The third-order valence-corrected chi connectivity index (χ3v) is 5.86. The molecule has 0 radical (unpaired) electrons. The minimum Gasteiger partial charge on any atom is -0.497 e. The van der Waals surface area contributed by atoms with Crippen LogP contribution in [-0.2, 0) is 28.1 Å². The zero-order valence-electron chi connectivity index (χ0n) is 16.5. The molecular formula is C22H22ClN3O4. The number of carbonyl (C=O) groups excluding carboxylic acids is 3. The van der Waals surface area contributed by atoms with E-state index in [9.17, 15) is 14.4 Å². The largest absolute Gasteiger partial charge is 0.497 e. The summed E-state index contributed by atoms with van der Waals surface area (Å²) in [4.78, 5) is 39.3. The quantitative estimate of drug-likeness (QED) is 0.718. The van der Waals surface area contributed by atoms with Crippen molar-refractivity contribution in [2.24, 2.45) is 0 Å². The summed E-state index contributed by atoms with van der Waals surface area (Å²) in [6.45, 7) is -0.0741. The third kappa shape index (κ3) is 3.61. The number of ether oxygens (including phenoxy) is 1. The highest BCUT2D eigenvalue weighted by Gasteiger charge is 2.54. The number of rotatable bonds is 5. The van der Waals surface area contributed by atoms with E-state index >= 15 is 0 Å². The molecule has 0 saturated carbocycles. The molecule has 2 aromatic carbocycles. The molecule has 30 heavy (non-hydrogen) atoms. The van der Waals surface area contributed by atoms with Gasteiger partial charge in [-0.05, 0) is 60.2 Å². The molecule has 8 heteroatoms. The molecule has 156 valence electrons. The fourth-order valence-corrected chi connectivity index (χ4v) is 4.38. The van der Waals surface area contributed by atoms with Gasteiger partial charge in [0.15, 0.2) is 0 Å². The summed E-state index contributed by atoms with van der Waals surface area (Å²) < 4.78 is 5.28. The van der Waals surface area contributed by atoms with Gasteiger partial charge < -0.3 is 15.4 Å². The van der Waals surface area contributed by atoms with Crippen LogP contribution in [0.5, 0.6) is 5.75 Å². The lowest BCUT2D eigenvalue weighted by molar-refractivity contribution is -0.135. The van der Waals surface area contributed by atoms with Gasteiger partial charge in [0.1, 0.15) is 17.8 Å². The second-order valence-corrected chi connectivity index (χ2v) is 7.95. The van der Waals surface area contributed by atoms with Crippen LogP contribution in [0.2, 0.25) is 5.02 Å². The maximum Gasteiger partial charge on any atom is 0.325 e. The molecule has 2 aliphatic rings. The van der Waals surface area contributed by atoms with Gasteiger partial charge in [0.2, 0.25) is 5.91 Å². The Morgan fingerprint density at radius 1 is 1.27 bits per heavy atom. The number of nitrogens with zero attached hydrogens (tertiary/aromatic N) is 1. The van der Waals surface area contributed by atoms with Crippen molar-refractivity contribution in [2.75, 3.05) is 13.7 Å². The van der Waals surface area contributed by atoms with E-state index < -0.39 is 23.4 Å². The molecular weight excluding hydrogens is 406 g/mol. The molecule has 0 bridgehead atoms. The van der Waals surface area contributed by atoms with Gasteiger partial charge in [-0.1, -0.05) is 29.8 Å². The number of amides is 4. The summed E-state index contributed by atoms with van der Waals surface area (Å²) in [6, 6.07) is 12.1. The van der Waals surface area contributed by atoms with Gasteiger partial charge in [-0.3, -0.25) is 14.5 Å². The van der Waals surface area contributed by atoms with Crippen LogP contribution in [0.4, 0.5) is 4.79 Å². The van der Waals surface area contributed by atoms with E-state index in [0.717, 1.165) is 34.4 Å². The summed E-state index contributed by atoms with van der Waals surface area (Å²) in [5.41, 5.74) is 1.46. The summed E-state index contributed by atoms with van der Waals surface area (Å²) in [7, 11) is 1.59. The third-order valence-electron chi connectivity index (χ3n) is 5.63. The van der Waals surface area contributed by atoms with Gasteiger partial charge in [0.25, 0.3) is 5.91 Å². The molecule has 1 heterocycles. The molecule has 1 saturated heterocycles. The van der Waals surface area contributed by atoms with Crippen molar-refractivity contribution >= 4 is 29.4 Å². The van der Waals surface area contributed by atoms with Crippen molar-refractivity contribution in [1.82, 2.24) is 15.5 Å². The van der Waals surface area contributed by atoms with Gasteiger partial charge in [0, 0.05) is 11.6 Å². The summed E-state index contributed by atoms with van der Waals surface area (Å²) >= 11 is 5.95. The fraction of sp³-hybridized carbons (Fsp3) is 0.318. The maximum absolute atomic E-state index is 13.3. The number of halogens is 1. The van der Waals surface area contributed by atoms with E-state index in [2.05, 4.69) is 10.6 Å². The van der Waals surface area contributed by atoms with Crippen LogP contribution in [-0.4, -0.2) is 36.4 Å². The molecule has 7 nitrogen and oxygen atoms in total. The molecule has 4 amide bonds. The molecule has 2 N–H and O–H groups in total. The lowest BCUT2D eigenvalue weighted by Crippen LogP contribution is -2.47. The van der Waals surface area contributed by atoms with E-state index in [-0.39, 0.29) is 13.1 Å². The summed E-state index contributed by atoms with van der Waals surface area (Å²) in [6.07, 6.45) is 2.05. The highest BCUT2D eigenvalue weighted by Crippen LogP contribution is 2.41. The Balaban J connectivity index is 1.49. The van der Waals surface area contributed by atoms with Crippen molar-refractivity contribution in [3.63, 3.8) is 0 Å². The van der Waals surface area contributed by atoms with E-state index in [4.69, 9.17) is 16.3 Å². The molecule has 1 atom stereocenters. The highest BCUT2D eigenvalue weighted by atomic mass is 35.5. The normalized spacial score (nSPS) is 20.1. The van der Waals surface area contributed by atoms with E-state index in [0.29, 0.717) is 17.2 Å². The molecule has 1 fully saturated rings. The van der Waals surface area contributed by atoms with Crippen molar-refractivity contribution in [2.45, 2.75) is 31.3 Å². The van der Waals surface area contributed by atoms with Crippen LogP contribution in [0.25, 0.3) is 0 Å². The number of aryl methyl sites for hydroxylation is 1. The first-order valence-corrected chi connectivity index (χ1v) is 10.1. The average Bonchev–Trinajstić information content (AvgIpc) is 2.97. The first kappa shape index (κ1) is 20.2. The van der Waals surface area contributed by atoms with Crippen LogP contribution in [0.1, 0.15) is 29.5 Å². The minimum atomic E-state index is -1.12. The highest BCUT2D eigenvalue weighted by molar-refractivity contribution is 6.30. The Morgan fingerprint density at radius 2 is 2.10 bits per heavy atom. The number of urea groups is 1. The predicted octanol–water partition coefficient (Wildman–Crippen LogP) is 2.75. The SMILES string of the molecule is COc1ccc2c(c1)CCC[C@@]21NC(=O)N(CC(=O)NCc2cccc(Cl)c2)C1=O. The molecule has 0 aromatic heterocycles. The average molecular weight is 428 g/mol. The van der Waals surface area contributed by atoms with Gasteiger partial charge in [-0.2, -0.15) is 0 Å². The topological polar surface area (TPSA) is 87.7 Å². The van der Waals surface area contributed by atoms with Crippen molar-refractivity contribution < 1.29 is 19.1 Å². The van der Waals surface area contributed by atoms with Gasteiger partial charge >= 0.3 is 6.03 Å². The Bertz CT molecular complexity index is 1030. The Morgan fingerprint density at radius 3 is 2.87 bits per heavy atom. The van der Waals surface area contributed by atoms with Crippen LogP contribution in [0, 0.1) is 0 Å². The number of benzene rings is 2. The molecule has 0 unspecified atom stereocenters. The van der Waals surface area contributed by atoms with Gasteiger partial charge in [0.05, 0.1) is 7.11 Å². The summed E-state index contributed by atoms with van der Waals surface area (Å²) in [5.74, 6) is -0.0994. The zero-order chi connectivity index (χ0) is 21.3. The Hall–Kier alpha value is -3.06. The Labute approximate surface area is 179 Å². The molecule has 2 aromatic rings. The van der Waals surface area contributed by atoms with E-state index in [1.807, 2.05) is 18.2 Å². The monoisotopic (exact) mass is 427 g/mol. The fourth-order valence-electron chi connectivity index (χ4n) is 4.17. The van der Waals surface area contributed by atoms with Crippen LogP contribution < -0.4 is 15.4 Å². The standard InChI is InChI=1S/C22H22ClN3O4/c1-30-17-7-8-18-15(11-17)5-3-9-22(18)20(28)26(21(29)25-22)13-19(27)24-12-14-4-2-6-16(23)10-14/h2,4,6-8,10-11H,3,5,9,12-13H2,1H3,(H,24,27)(H,25,29)/t22-/m1/s1. The van der Waals surface area contributed by atoms with E-state index in [1.165, 1.54) is 0 Å². The number of nitrogens with one attached hydrogen (secondary N) is 2. The summed E-state index contributed by atoms with van der Waals surface area (Å²) in [5, 5.41) is 6.15. The van der Waals surface area contributed by atoms with Gasteiger partial charge in [-0.25, -0.2) is 4.79 Å². The maximum atomic E-state index is 13.3. The number of imide groups is 1. The van der Waals surface area contributed by atoms with Crippen molar-refractivity contribution in [3.05, 3.63) is 64.2 Å². The zero-order valence-corrected chi connectivity index (χ0v) is 17.3. The molecule has 1 aliphatic heterocycles. The smallest absolute Gasteiger partial charge is 0.325 e. The minimum absolute atomic E-state index is 0.261. The van der Waals surface area contributed by atoms with Crippen molar-refractivity contribution in [1.29, 1.82) is 0 Å². The second-order valence-electron chi connectivity index (χ2n) is 7.51. The first-order valence-electron chi connectivity index (χ1n) is 9.75. The van der Waals surface area contributed by atoms with Crippen LogP contribution >= 0.6 is 11.6 Å². The van der Waals surface area contributed by atoms with Crippen molar-refractivity contribution in [3.8, 4) is 5.75 Å². The van der Waals surface area contributed by atoms with Crippen LogP contribution in [0.15, 0.2) is 42.5 Å². The number of methoxy groups -OCH3 is 1. The first-order chi connectivity index (χ1) is 14.4. The second kappa shape index (κ2) is 7.99. The predicted molar refractivity (Wildman–Crippen MR) is 111 cm³/mol. The lowest BCUT2D eigenvalue weighted by atomic mass is 9.76. The molecule has 4 rings (SSSR count). The van der Waals surface area contributed by atoms with Gasteiger partial charge in [-0.15, -0.1) is 0 Å². The number of hydrogen-bond donors (Lipinski definition) is 2. The van der Waals surface area contributed by atoms with E-state index in [1.54, 1.807) is 31.4 Å². The number of carbonyl (C=O) groups is 3. The van der Waals surface area contributed by atoms with Crippen LogP contribution in [0.3, 0.4) is 0 Å². The Kier molecular flexibility index (Phi) is 5.39. The molecule has 1 spiro atoms. The number of fused-ring (bicyclic) bond motifs is 2. The number of hydrogen-bond acceptors (Lipinski definition) is 4. The lowest BCUT2D eigenvalue weighted by Gasteiger charge is -2.33.